The number of amides is 1. The number of anilines is 1. The van der Waals surface area contributed by atoms with Crippen molar-refractivity contribution in [2.75, 3.05) is 5.32 Å². The van der Waals surface area contributed by atoms with Gasteiger partial charge in [0.25, 0.3) is 5.91 Å². The summed E-state index contributed by atoms with van der Waals surface area (Å²) in [7, 11) is 1.75. The molecular formula is C10H10N4O2. The molecule has 0 radical (unpaired) electrons. The molecule has 6 heteroatoms. The second kappa shape index (κ2) is 4.01. The summed E-state index contributed by atoms with van der Waals surface area (Å²) in [5.74, 6) is 0.0496. The minimum atomic E-state index is -0.392. The summed E-state index contributed by atoms with van der Waals surface area (Å²) < 4.78 is 1.57. The Hall–Kier alpha value is -2.37. The molecule has 0 aliphatic heterocycles. The normalized spacial score (nSPS) is 10.1. The number of carbonyl (C=O) groups excluding carboxylic acids is 1. The topological polar surface area (TPSA) is 79.8 Å². The van der Waals surface area contributed by atoms with Crippen LogP contribution in [0.1, 0.15) is 10.5 Å². The van der Waals surface area contributed by atoms with Gasteiger partial charge in [0.1, 0.15) is 5.69 Å². The van der Waals surface area contributed by atoms with E-state index >= 15 is 0 Å². The van der Waals surface area contributed by atoms with Crippen LogP contribution in [-0.4, -0.2) is 20.7 Å². The van der Waals surface area contributed by atoms with E-state index in [0.29, 0.717) is 5.82 Å². The van der Waals surface area contributed by atoms with Crippen molar-refractivity contribution in [2.45, 2.75) is 0 Å². The van der Waals surface area contributed by atoms with Crippen LogP contribution in [-0.2, 0) is 7.05 Å². The monoisotopic (exact) mass is 218 g/mol. The molecule has 0 atom stereocenters. The highest BCUT2D eigenvalue weighted by molar-refractivity contribution is 6.02. The standard InChI is InChI=1S/C10H10N4O2/c1-14-6-5-8(13-14)12-10(16)7-3-2-4-9(15)11-7/h2-6H,1H3,(H,11,15)(H,12,13,16). The Balaban J connectivity index is 2.17. The molecule has 1 amide bonds. The average molecular weight is 218 g/mol. The molecule has 0 saturated carbocycles. The zero-order valence-corrected chi connectivity index (χ0v) is 8.60. The molecular weight excluding hydrogens is 208 g/mol. The molecule has 0 unspecified atom stereocenters. The van der Waals surface area contributed by atoms with Gasteiger partial charge in [-0.2, -0.15) is 5.10 Å². The lowest BCUT2D eigenvalue weighted by molar-refractivity contribution is 0.102. The maximum absolute atomic E-state index is 11.6. The van der Waals surface area contributed by atoms with Gasteiger partial charge in [-0.15, -0.1) is 0 Å². The quantitative estimate of drug-likeness (QED) is 0.763. The Morgan fingerprint density at radius 2 is 2.25 bits per heavy atom. The molecule has 0 fully saturated rings. The molecule has 0 saturated heterocycles. The number of nitrogens with zero attached hydrogens (tertiary/aromatic N) is 2. The molecule has 82 valence electrons. The molecule has 0 spiro atoms. The number of carbonyl (C=O) groups is 1. The number of hydrogen-bond acceptors (Lipinski definition) is 3. The lowest BCUT2D eigenvalue weighted by Crippen LogP contribution is -2.18. The number of aromatic amines is 1. The van der Waals surface area contributed by atoms with E-state index < -0.39 is 5.91 Å². The van der Waals surface area contributed by atoms with Crippen LogP contribution in [0.5, 0.6) is 0 Å². The predicted molar refractivity (Wildman–Crippen MR) is 58.2 cm³/mol. The Kier molecular flexibility index (Phi) is 2.55. The molecule has 2 heterocycles. The van der Waals surface area contributed by atoms with Gasteiger partial charge in [0.2, 0.25) is 5.56 Å². The van der Waals surface area contributed by atoms with Crippen LogP contribution < -0.4 is 10.9 Å². The lowest BCUT2D eigenvalue weighted by Gasteiger charge is -2.00. The summed E-state index contributed by atoms with van der Waals surface area (Å²) in [5.41, 5.74) is -0.105. The second-order valence-corrected chi connectivity index (χ2v) is 3.26. The predicted octanol–water partition coefficient (Wildman–Crippen LogP) is 0.361. The summed E-state index contributed by atoms with van der Waals surface area (Å²) in [6.45, 7) is 0. The molecule has 16 heavy (non-hydrogen) atoms. The fourth-order valence-electron chi connectivity index (χ4n) is 1.25. The fraction of sp³-hybridized carbons (Fsp3) is 0.100. The first-order valence-electron chi connectivity index (χ1n) is 4.65. The van der Waals surface area contributed by atoms with Gasteiger partial charge < -0.3 is 10.3 Å². The second-order valence-electron chi connectivity index (χ2n) is 3.26. The molecule has 6 nitrogen and oxygen atoms in total. The van der Waals surface area contributed by atoms with E-state index in [4.69, 9.17) is 0 Å². The van der Waals surface area contributed by atoms with Gasteiger partial charge in [0, 0.05) is 25.4 Å². The van der Waals surface area contributed by atoms with Crippen molar-refractivity contribution in [1.29, 1.82) is 0 Å². The third-order valence-electron chi connectivity index (χ3n) is 1.97. The Morgan fingerprint density at radius 3 is 2.88 bits per heavy atom. The van der Waals surface area contributed by atoms with E-state index in [9.17, 15) is 9.59 Å². The van der Waals surface area contributed by atoms with Crippen molar-refractivity contribution in [2.24, 2.45) is 7.05 Å². The van der Waals surface area contributed by atoms with E-state index in [0.717, 1.165) is 0 Å². The smallest absolute Gasteiger partial charge is 0.273 e. The van der Waals surface area contributed by atoms with Crippen LogP contribution in [0.4, 0.5) is 5.82 Å². The molecule has 0 aliphatic rings. The van der Waals surface area contributed by atoms with Gasteiger partial charge in [-0.3, -0.25) is 14.3 Å². The van der Waals surface area contributed by atoms with Crippen LogP contribution in [0, 0.1) is 0 Å². The van der Waals surface area contributed by atoms with Crippen molar-refractivity contribution in [3.8, 4) is 0 Å². The van der Waals surface area contributed by atoms with Crippen LogP contribution in [0.2, 0.25) is 0 Å². The van der Waals surface area contributed by atoms with E-state index in [1.165, 1.54) is 18.2 Å². The average Bonchev–Trinajstić information content (AvgIpc) is 2.64. The van der Waals surface area contributed by atoms with Crippen LogP contribution in [0.15, 0.2) is 35.3 Å². The van der Waals surface area contributed by atoms with Crippen LogP contribution >= 0.6 is 0 Å². The number of pyridine rings is 1. The Bertz CT molecular complexity index is 570. The third kappa shape index (κ3) is 2.17. The minimum Gasteiger partial charge on any atom is -0.318 e. The molecule has 2 rings (SSSR count). The summed E-state index contributed by atoms with van der Waals surface area (Å²) >= 11 is 0. The number of nitrogens with one attached hydrogen (secondary N) is 2. The summed E-state index contributed by atoms with van der Waals surface area (Å²) in [6, 6.07) is 6.06. The van der Waals surface area contributed by atoms with Gasteiger partial charge in [-0.25, -0.2) is 0 Å². The van der Waals surface area contributed by atoms with E-state index in [1.807, 2.05) is 0 Å². The number of H-pyrrole nitrogens is 1. The van der Waals surface area contributed by atoms with Crippen molar-refractivity contribution < 1.29 is 4.79 Å². The van der Waals surface area contributed by atoms with Crippen molar-refractivity contribution in [1.82, 2.24) is 14.8 Å². The van der Waals surface area contributed by atoms with E-state index in [1.54, 1.807) is 24.0 Å². The van der Waals surface area contributed by atoms with Crippen LogP contribution in [0.25, 0.3) is 0 Å². The molecule has 0 aromatic carbocycles. The first kappa shape index (κ1) is 10.2. The third-order valence-corrected chi connectivity index (χ3v) is 1.97. The highest BCUT2D eigenvalue weighted by Gasteiger charge is 2.07. The molecule has 0 aliphatic carbocycles. The molecule has 0 bridgehead atoms. The maximum Gasteiger partial charge on any atom is 0.273 e. The number of hydrogen-bond donors (Lipinski definition) is 2. The minimum absolute atomic E-state index is 0.207. The first-order chi connectivity index (χ1) is 7.65. The zero-order chi connectivity index (χ0) is 11.5. The largest absolute Gasteiger partial charge is 0.318 e. The SMILES string of the molecule is Cn1ccc(NC(=O)c2cccc(=O)[nH]2)n1. The highest BCUT2D eigenvalue weighted by Crippen LogP contribution is 2.03. The highest BCUT2D eigenvalue weighted by atomic mass is 16.2. The van der Waals surface area contributed by atoms with Crippen molar-refractivity contribution in [3.63, 3.8) is 0 Å². The molecule has 2 N–H and O–H groups in total. The molecule has 2 aromatic rings. The van der Waals surface area contributed by atoms with E-state index in [2.05, 4.69) is 15.4 Å². The first-order valence-corrected chi connectivity index (χ1v) is 4.65. The molecule has 2 aromatic heterocycles. The number of aryl methyl sites for hydroxylation is 1. The number of rotatable bonds is 2. The lowest BCUT2D eigenvalue weighted by atomic mass is 10.3. The Morgan fingerprint density at radius 1 is 1.44 bits per heavy atom. The van der Waals surface area contributed by atoms with Crippen LogP contribution in [0.3, 0.4) is 0 Å². The fourth-order valence-corrected chi connectivity index (χ4v) is 1.25. The van der Waals surface area contributed by atoms with Gasteiger partial charge in [0.15, 0.2) is 5.82 Å². The maximum atomic E-state index is 11.6. The number of aromatic nitrogens is 3. The van der Waals surface area contributed by atoms with Gasteiger partial charge >= 0.3 is 0 Å². The van der Waals surface area contributed by atoms with E-state index in [-0.39, 0.29) is 11.3 Å². The summed E-state index contributed by atoms with van der Waals surface area (Å²) in [5, 5.41) is 6.56. The summed E-state index contributed by atoms with van der Waals surface area (Å²) in [6.07, 6.45) is 1.71. The summed E-state index contributed by atoms with van der Waals surface area (Å²) in [4.78, 5) is 25.1. The van der Waals surface area contributed by atoms with Gasteiger partial charge in [0.05, 0.1) is 0 Å². The zero-order valence-electron chi connectivity index (χ0n) is 8.60. The van der Waals surface area contributed by atoms with Gasteiger partial charge in [-0.1, -0.05) is 6.07 Å². The van der Waals surface area contributed by atoms with Crippen molar-refractivity contribution in [3.05, 3.63) is 46.5 Å². The Labute approximate surface area is 90.9 Å². The van der Waals surface area contributed by atoms with Crippen molar-refractivity contribution >= 4 is 11.7 Å². The van der Waals surface area contributed by atoms with Gasteiger partial charge in [-0.05, 0) is 6.07 Å².